The fraction of sp³-hybridized carbons (Fsp3) is 0.190. The summed E-state index contributed by atoms with van der Waals surface area (Å²) in [6.45, 7) is 1.80. The first-order valence-electron chi connectivity index (χ1n) is 9.45. The van der Waals surface area contributed by atoms with Gasteiger partial charge in [-0.2, -0.15) is 4.98 Å². The van der Waals surface area contributed by atoms with Gasteiger partial charge in [-0.05, 0) is 36.8 Å². The molecule has 0 saturated heterocycles. The maximum absolute atomic E-state index is 12.2. The van der Waals surface area contributed by atoms with Crippen LogP contribution in [-0.4, -0.2) is 43.7 Å². The molecule has 2 aromatic carbocycles. The number of methoxy groups -OCH3 is 1. The van der Waals surface area contributed by atoms with Crippen LogP contribution in [0, 0.1) is 6.92 Å². The van der Waals surface area contributed by atoms with Crippen LogP contribution in [0.3, 0.4) is 0 Å². The van der Waals surface area contributed by atoms with Gasteiger partial charge in [-0.25, -0.2) is 0 Å². The second-order valence-electron chi connectivity index (χ2n) is 6.61. The van der Waals surface area contributed by atoms with Gasteiger partial charge in [0.2, 0.25) is 5.82 Å². The van der Waals surface area contributed by atoms with Gasteiger partial charge >= 0.3 is 5.97 Å². The Hall–Kier alpha value is -3.37. The Morgan fingerprint density at radius 2 is 2.12 bits per heavy atom. The predicted molar refractivity (Wildman–Crippen MR) is 118 cm³/mol. The molecule has 164 valence electrons. The molecule has 0 fully saturated rings. The van der Waals surface area contributed by atoms with Gasteiger partial charge in [0.15, 0.2) is 11.8 Å². The van der Waals surface area contributed by atoms with Gasteiger partial charge in [0.1, 0.15) is 12.1 Å². The van der Waals surface area contributed by atoms with Gasteiger partial charge in [0, 0.05) is 10.6 Å². The van der Waals surface area contributed by atoms with Crippen LogP contribution >= 0.6 is 23.4 Å². The molecule has 9 nitrogen and oxygen atoms in total. The number of hydrogen-bond donors (Lipinski definition) is 0. The molecule has 0 bridgehead atoms. The maximum Gasteiger partial charge on any atom is 0.316 e. The van der Waals surface area contributed by atoms with E-state index in [4.69, 9.17) is 25.6 Å². The van der Waals surface area contributed by atoms with E-state index < -0.39 is 5.97 Å². The van der Waals surface area contributed by atoms with Gasteiger partial charge in [0.05, 0.1) is 18.6 Å². The molecule has 2 aromatic heterocycles. The Morgan fingerprint density at radius 1 is 1.25 bits per heavy atom. The molecule has 11 heteroatoms. The molecule has 0 N–H and O–H groups in total. The van der Waals surface area contributed by atoms with E-state index in [2.05, 4.69) is 20.3 Å². The van der Waals surface area contributed by atoms with Crippen molar-refractivity contribution in [2.75, 3.05) is 12.9 Å². The average molecular weight is 472 g/mol. The van der Waals surface area contributed by atoms with Crippen molar-refractivity contribution < 1.29 is 18.8 Å². The summed E-state index contributed by atoms with van der Waals surface area (Å²) in [7, 11) is 1.58. The number of rotatable bonds is 8. The fourth-order valence-electron chi connectivity index (χ4n) is 2.73. The lowest BCUT2D eigenvalue weighted by Gasteiger charge is -2.07. The molecule has 4 rings (SSSR count). The second-order valence-corrected chi connectivity index (χ2v) is 7.96. The zero-order valence-electron chi connectivity index (χ0n) is 17.2. The molecule has 0 saturated carbocycles. The monoisotopic (exact) mass is 471 g/mol. The zero-order chi connectivity index (χ0) is 22.5. The Kier molecular flexibility index (Phi) is 6.72. The molecule has 0 aliphatic rings. The van der Waals surface area contributed by atoms with E-state index in [1.165, 1.54) is 11.8 Å². The van der Waals surface area contributed by atoms with Crippen molar-refractivity contribution in [3.05, 3.63) is 65.3 Å². The van der Waals surface area contributed by atoms with Gasteiger partial charge in [-0.15, -0.1) is 10.2 Å². The van der Waals surface area contributed by atoms with Crippen molar-refractivity contribution in [1.82, 2.24) is 24.9 Å². The molecule has 0 aliphatic heterocycles. The highest BCUT2D eigenvalue weighted by molar-refractivity contribution is 7.99. The third kappa shape index (κ3) is 5.09. The van der Waals surface area contributed by atoms with E-state index >= 15 is 0 Å². The number of thioether (sulfide) groups is 1. The quantitative estimate of drug-likeness (QED) is 0.277. The van der Waals surface area contributed by atoms with Crippen LogP contribution in [-0.2, 0) is 16.1 Å². The van der Waals surface area contributed by atoms with Gasteiger partial charge in [-0.1, -0.05) is 46.7 Å². The van der Waals surface area contributed by atoms with Crippen molar-refractivity contribution in [3.63, 3.8) is 0 Å². The first kappa shape index (κ1) is 21.8. The van der Waals surface area contributed by atoms with Crippen LogP contribution in [0.25, 0.3) is 17.1 Å². The van der Waals surface area contributed by atoms with Gasteiger partial charge in [-0.3, -0.25) is 9.36 Å². The van der Waals surface area contributed by atoms with E-state index in [1.807, 2.05) is 43.3 Å². The van der Waals surface area contributed by atoms with E-state index in [0.717, 1.165) is 16.8 Å². The first-order chi connectivity index (χ1) is 15.5. The van der Waals surface area contributed by atoms with E-state index in [1.54, 1.807) is 24.1 Å². The Bertz CT molecular complexity index is 1240. The molecule has 0 radical (unpaired) electrons. The van der Waals surface area contributed by atoms with Crippen LogP contribution in [0.5, 0.6) is 5.75 Å². The minimum absolute atomic E-state index is 0.0369. The van der Waals surface area contributed by atoms with Crippen molar-refractivity contribution >= 4 is 29.3 Å². The smallest absolute Gasteiger partial charge is 0.316 e. The van der Waals surface area contributed by atoms with Gasteiger partial charge < -0.3 is 14.0 Å². The SMILES string of the molecule is COc1cccc(-c2noc(COC(=O)CSc3nncn3-c3ccc(C)c(Cl)c3)n2)c1. The summed E-state index contributed by atoms with van der Waals surface area (Å²) in [6, 6.07) is 12.9. The third-order valence-electron chi connectivity index (χ3n) is 4.42. The molecular weight excluding hydrogens is 454 g/mol. The highest BCUT2D eigenvalue weighted by Gasteiger charge is 2.14. The minimum Gasteiger partial charge on any atom is -0.497 e. The molecule has 0 atom stereocenters. The average Bonchev–Trinajstić information content (AvgIpc) is 3.48. The molecular formula is C21H18ClN5O4S. The zero-order valence-corrected chi connectivity index (χ0v) is 18.8. The van der Waals surface area contributed by atoms with E-state index in [-0.39, 0.29) is 18.3 Å². The van der Waals surface area contributed by atoms with Crippen LogP contribution < -0.4 is 4.74 Å². The lowest BCUT2D eigenvalue weighted by molar-refractivity contribution is -0.142. The summed E-state index contributed by atoms with van der Waals surface area (Å²) in [6.07, 6.45) is 1.56. The molecule has 2 heterocycles. The largest absolute Gasteiger partial charge is 0.497 e. The number of halogens is 1. The van der Waals surface area contributed by atoms with E-state index in [0.29, 0.717) is 21.8 Å². The van der Waals surface area contributed by atoms with Crippen LogP contribution in [0.2, 0.25) is 5.02 Å². The molecule has 0 spiro atoms. The summed E-state index contributed by atoms with van der Waals surface area (Å²) >= 11 is 7.40. The fourth-order valence-corrected chi connectivity index (χ4v) is 3.63. The molecule has 0 aliphatic carbocycles. The number of ether oxygens (including phenoxy) is 2. The maximum atomic E-state index is 12.2. The number of aromatic nitrogens is 5. The topological polar surface area (TPSA) is 105 Å². The lowest BCUT2D eigenvalue weighted by atomic mass is 10.2. The number of aryl methyl sites for hydroxylation is 1. The summed E-state index contributed by atoms with van der Waals surface area (Å²) in [5, 5.41) is 13.1. The summed E-state index contributed by atoms with van der Waals surface area (Å²) < 4.78 is 17.4. The summed E-state index contributed by atoms with van der Waals surface area (Å²) in [4.78, 5) is 16.4. The number of esters is 1. The summed E-state index contributed by atoms with van der Waals surface area (Å²) in [5.74, 6) is 0.841. The number of carbonyl (C=O) groups excluding carboxylic acids is 1. The van der Waals surface area contributed by atoms with Gasteiger partial charge in [0.25, 0.3) is 5.89 Å². The van der Waals surface area contributed by atoms with Crippen molar-refractivity contribution in [1.29, 1.82) is 0 Å². The Balaban J connectivity index is 1.32. The Labute approximate surface area is 192 Å². The minimum atomic E-state index is -0.451. The molecule has 32 heavy (non-hydrogen) atoms. The number of hydrogen-bond acceptors (Lipinski definition) is 9. The Morgan fingerprint density at radius 3 is 2.94 bits per heavy atom. The van der Waals surface area contributed by atoms with Crippen molar-refractivity contribution in [2.45, 2.75) is 18.7 Å². The van der Waals surface area contributed by atoms with Crippen molar-refractivity contribution in [3.8, 4) is 22.8 Å². The first-order valence-corrected chi connectivity index (χ1v) is 10.8. The number of benzene rings is 2. The number of nitrogens with zero attached hydrogens (tertiary/aromatic N) is 5. The van der Waals surface area contributed by atoms with Crippen LogP contribution in [0.4, 0.5) is 0 Å². The van der Waals surface area contributed by atoms with E-state index in [9.17, 15) is 4.79 Å². The third-order valence-corrected chi connectivity index (χ3v) is 5.75. The molecule has 0 unspecified atom stereocenters. The second kappa shape index (κ2) is 9.84. The predicted octanol–water partition coefficient (Wildman–Crippen LogP) is 4.12. The summed E-state index contributed by atoms with van der Waals surface area (Å²) in [5.41, 5.74) is 2.51. The highest BCUT2D eigenvalue weighted by Crippen LogP contribution is 2.24. The molecule has 4 aromatic rings. The van der Waals surface area contributed by atoms with Crippen molar-refractivity contribution in [2.24, 2.45) is 0 Å². The van der Waals surface area contributed by atoms with Crippen LogP contribution in [0.1, 0.15) is 11.5 Å². The normalized spacial score (nSPS) is 10.8. The standard InChI is InChI=1S/C21H18ClN5O4S/c1-13-6-7-15(9-17(13)22)27-12-23-25-21(27)32-11-19(28)30-10-18-24-20(26-31-18)14-4-3-5-16(8-14)29-2/h3-9,12H,10-11H2,1-2H3. The lowest BCUT2D eigenvalue weighted by Crippen LogP contribution is -2.08. The number of carbonyl (C=O) groups is 1. The highest BCUT2D eigenvalue weighted by atomic mass is 35.5. The van der Waals surface area contributed by atoms with Crippen LogP contribution in [0.15, 0.2) is 58.5 Å². The molecule has 0 amide bonds.